The fourth-order valence-corrected chi connectivity index (χ4v) is 2.95. The Morgan fingerprint density at radius 3 is 2.00 bits per heavy atom. The SMILES string of the molecule is CCNCC(CNCC)CSP(=O)(O)O. The summed E-state index contributed by atoms with van der Waals surface area (Å²) in [7, 11) is 0. The molecule has 0 radical (unpaired) electrons. The van der Waals surface area contributed by atoms with E-state index in [0.29, 0.717) is 5.75 Å². The Labute approximate surface area is 95.3 Å². The van der Waals surface area contributed by atoms with Crippen LogP contribution in [0.3, 0.4) is 0 Å². The Kier molecular flexibility index (Phi) is 8.80. The highest BCUT2D eigenvalue weighted by Crippen LogP contribution is 2.50. The second-order valence-corrected chi connectivity index (χ2v) is 7.04. The van der Waals surface area contributed by atoms with Crippen molar-refractivity contribution < 1.29 is 14.4 Å². The van der Waals surface area contributed by atoms with E-state index in [-0.39, 0.29) is 5.92 Å². The van der Waals surface area contributed by atoms with Crippen LogP contribution in [0.1, 0.15) is 13.8 Å². The van der Waals surface area contributed by atoms with Crippen LogP contribution in [-0.4, -0.2) is 41.7 Å². The van der Waals surface area contributed by atoms with Gasteiger partial charge in [0.15, 0.2) is 0 Å². The van der Waals surface area contributed by atoms with Gasteiger partial charge in [-0.3, -0.25) is 0 Å². The second kappa shape index (κ2) is 8.56. The van der Waals surface area contributed by atoms with Crippen molar-refractivity contribution in [1.82, 2.24) is 10.6 Å². The van der Waals surface area contributed by atoms with Gasteiger partial charge in [-0.25, -0.2) is 4.57 Å². The van der Waals surface area contributed by atoms with E-state index in [4.69, 9.17) is 9.79 Å². The first kappa shape index (κ1) is 15.4. The molecule has 5 nitrogen and oxygen atoms in total. The summed E-state index contributed by atoms with van der Waals surface area (Å²) in [4.78, 5) is 17.5. The second-order valence-electron chi connectivity index (χ2n) is 3.27. The molecule has 0 spiro atoms. The topological polar surface area (TPSA) is 81.6 Å². The van der Waals surface area contributed by atoms with Crippen LogP contribution in [-0.2, 0) is 4.57 Å². The van der Waals surface area contributed by atoms with Crippen molar-refractivity contribution in [3.8, 4) is 0 Å². The molecule has 4 N–H and O–H groups in total. The maximum atomic E-state index is 10.7. The molecule has 7 heteroatoms. The first-order valence-electron chi connectivity index (χ1n) is 5.11. The van der Waals surface area contributed by atoms with E-state index in [1.807, 2.05) is 13.8 Å². The smallest absolute Gasteiger partial charge is 0.317 e. The summed E-state index contributed by atoms with van der Waals surface area (Å²) in [6, 6.07) is 0. The summed E-state index contributed by atoms with van der Waals surface area (Å²) < 4.78 is 10.7. The summed E-state index contributed by atoms with van der Waals surface area (Å²) in [6.07, 6.45) is 0. The highest BCUT2D eigenvalue weighted by Gasteiger charge is 2.17. The third kappa shape index (κ3) is 10.7. The summed E-state index contributed by atoms with van der Waals surface area (Å²) in [5.41, 5.74) is 0. The molecule has 0 saturated heterocycles. The molecule has 0 aromatic carbocycles. The molecule has 0 heterocycles. The van der Waals surface area contributed by atoms with Crippen molar-refractivity contribution in [3.05, 3.63) is 0 Å². The molecular weight excluding hydrogens is 235 g/mol. The minimum atomic E-state index is -3.92. The van der Waals surface area contributed by atoms with E-state index < -0.39 is 6.80 Å². The summed E-state index contributed by atoms with van der Waals surface area (Å²) in [5, 5.41) is 6.37. The lowest BCUT2D eigenvalue weighted by atomic mass is 10.2. The van der Waals surface area contributed by atoms with Gasteiger partial charge in [-0.2, -0.15) is 0 Å². The molecule has 0 aromatic heterocycles. The Balaban J connectivity index is 3.83. The highest BCUT2D eigenvalue weighted by atomic mass is 32.7. The Hall–Kier alpha value is 0.420. The van der Waals surface area contributed by atoms with Crippen LogP contribution in [0.25, 0.3) is 0 Å². The van der Waals surface area contributed by atoms with E-state index >= 15 is 0 Å². The molecule has 0 amide bonds. The minimum absolute atomic E-state index is 0.252. The van der Waals surface area contributed by atoms with Gasteiger partial charge in [0, 0.05) is 5.75 Å². The Morgan fingerprint density at radius 2 is 1.67 bits per heavy atom. The lowest BCUT2D eigenvalue weighted by Gasteiger charge is -2.17. The molecule has 0 saturated carbocycles. The highest BCUT2D eigenvalue weighted by molar-refractivity contribution is 8.54. The maximum Gasteiger partial charge on any atom is 0.383 e. The van der Waals surface area contributed by atoms with Gasteiger partial charge in [-0.05, 0) is 43.5 Å². The van der Waals surface area contributed by atoms with Crippen LogP contribution in [0.15, 0.2) is 0 Å². The van der Waals surface area contributed by atoms with E-state index in [1.165, 1.54) is 0 Å². The molecule has 0 aliphatic carbocycles. The zero-order valence-electron chi connectivity index (χ0n) is 9.27. The van der Waals surface area contributed by atoms with Crippen molar-refractivity contribution >= 4 is 18.2 Å². The first-order chi connectivity index (χ1) is 6.99. The molecule has 0 aliphatic rings. The molecule has 0 unspecified atom stereocenters. The summed E-state index contributed by atoms with van der Waals surface area (Å²) in [5.74, 6) is 0.729. The van der Waals surface area contributed by atoms with E-state index in [1.54, 1.807) is 0 Å². The van der Waals surface area contributed by atoms with Crippen molar-refractivity contribution in [2.45, 2.75) is 13.8 Å². The van der Waals surface area contributed by atoms with Crippen LogP contribution >= 0.6 is 18.2 Å². The Bertz CT molecular complexity index is 192. The van der Waals surface area contributed by atoms with Gasteiger partial charge in [-0.15, -0.1) is 0 Å². The average molecular weight is 256 g/mol. The first-order valence-corrected chi connectivity index (χ1v) is 8.31. The molecule has 0 aliphatic heterocycles. The summed E-state index contributed by atoms with van der Waals surface area (Å²) in [6.45, 7) is 3.44. The van der Waals surface area contributed by atoms with Gasteiger partial charge >= 0.3 is 6.80 Å². The lowest BCUT2D eigenvalue weighted by Crippen LogP contribution is -2.32. The number of hydrogen-bond acceptors (Lipinski definition) is 4. The van der Waals surface area contributed by atoms with Crippen LogP contribution in [0.5, 0.6) is 0 Å². The van der Waals surface area contributed by atoms with Crippen molar-refractivity contribution in [2.24, 2.45) is 5.92 Å². The van der Waals surface area contributed by atoms with Gasteiger partial charge in [-0.1, -0.05) is 13.8 Å². The van der Waals surface area contributed by atoms with Gasteiger partial charge in [0.25, 0.3) is 0 Å². The molecule has 0 fully saturated rings. The van der Waals surface area contributed by atoms with Crippen LogP contribution in [0.2, 0.25) is 0 Å². The monoisotopic (exact) mass is 256 g/mol. The van der Waals surface area contributed by atoms with E-state index in [2.05, 4.69) is 10.6 Å². The number of rotatable bonds is 9. The molecule has 0 aromatic rings. The minimum Gasteiger partial charge on any atom is -0.317 e. The molecular formula is C8H21N2O3PS. The maximum absolute atomic E-state index is 10.7. The van der Waals surface area contributed by atoms with Crippen molar-refractivity contribution in [2.75, 3.05) is 31.9 Å². The van der Waals surface area contributed by atoms with Gasteiger partial charge in [0.2, 0.25) is 0 Å². The van der Waals surface area contributed by atoms with E-state index in [9.17, 15) is 4.57 Å². The summed E-state index contributed by atoms with van der Waals surface area (Å²) >= 11 is 0.729. The molecule has 92 valence electrons. The zero-order valence-corrected chi connectivity index (χ0v) is 11.0. The lowest BCUT2D eigenvalue weighted by molar-refractivity contribution is 0.396. The molecule has 0 bridgehead atoms. The van der Waals surface area contributed by atoms with Crippen molar-refractivity contribution in [3.63, 3.8) is 0 Å². The van der Waals surface area contributed by atoms with Gasteiger partial charge in [0.05, 0.1) is 0 Å². The number of hydrogen-bond donors (Lipinski definition) is 4. The fraction of sp³-hybridized carbons (Fsp3) is 1.00. The zero-order chi connectivity index (χ0) is 11.7. The van der Waals surface area contributed by atoms with Crippen LogP contribution in [0, 0.1) is 5.92 Å². The quantitative estimate of drug-likeness (QED) is 0.453. The molecule has 15 heavy (non-hydrogen) atoms. The Morgan fingerprint density at radius 1 is 1.20 bits per heavy atom. The van der Waals surface area contributed by atoms with Crippen LogP contribution < -0.4 is 10.6 Å². The fourth-order valence-electron chi connectivity index (χ4n) is 1.09. The number of nitrogens with one attached hydrogen (secondary N) is 2. The third-order valence-corrected chi connectivity index (χ3v) is 4.26. The average Bonchev–Trinajstić information content (AvgIpc) is 2.15. The van der Waals surface area contributed by atoms with E-state index in [0.717, 1.165) is 37.6 Å². The van der Waals surface area contributed by atoms with Gasteiger partial charge < -0.3 is 20.4 Å². The largest absolute Gasteiger partial charge is 0.383 e. The molecule has 0 atom stereocenters. The molecule has 0 rings (SSSR count). The predicted octanol–water partition coefficient (Wildman–Crippen LogP) is 0.648. The normalized spacial score (nSPS) is 12.3. The third-order valence-electron chi connectivity index (χ3n) is 1.84. The van der Waals surface area contributed by atoms with Gasteiger partial charge in [0.1, 0.15) is 0 Å². The van der Waals surface area contributed by atoms with Crippen LogP contribution in [0.4, 0.5) is 0 Å². The van der Waals surface area contributed by atoms with Crippen molar-refractivity contribution in [1.29, 1.82) is 0 Å². The predicted molar refractivity (Wildman–Crippen MR) is 65.1 cm³/mol. The standard InChI is InChI=1S/C8H21N2O3PS/c1-3-9-5-8(6-10-4-2)7-15-14(11,12)13/h8-10H,3-7H2,1-2H3,(H2,11,12,13).